The van der Waals surface area contributed by atoms with Crippen LogP contribution in [0.3, 0.4) is 0 Å². The molecule has 0 fully saturated rings. The zero-order chi connectivity index (χ0) is 13.6. The van der Waals surface area contributed by atoms with E-state index in [1.807, 2.05) is 0 Å². The van der Waals surface area contributed by atoms with Gasteiger partial charge < -0.3 is 10.2 Å². The van der Waals surface area contributed by atoms with E-state index in [-0.39, 0.29) is 0 Å². The number of benzene rings is 2. The highest BCUT2D eigenvalue weighted by Gasteiger charge is 2.14. The first kappa shape index (κ1) is 12.6. The molecule has 2 aromatic carbocycles. The van der Waals surface area contributed by atoms with Crippen molar-refractivity contribution < 1.29 is 4.42 Å². The molecule has 0 spiro atoms. The second-order valence-corrected chi connectivity index (χ2v) is 5.24. The topological polar surface area (TPSA) is 52.0 Å². The van der Waals surface area contributed by atoms with Gasteiger partial charge in [-0.2, -0.15) is 0 Å². The Labute approximate surface area is 123 Å². The number of hydrogen-bond donors (Lipinski definition) is 1. The fourth-order valence-corrected chi connectivity index (χ4v) is 2.54. The van der Waals surface area contributed by atoms with Gasteiger partial charge in [0.15, 0.2) is 5.58 Å². The van der Waals surface area contributed by atoms with Crippen LogP contribution in [0.25, 0.3) is 22.6 Å². The van der Waals surface area contributed by atoms with E-state index >= 15 is 0 Å². The summed E-state index contributed by atoms with van der Waals surface area (Å²) in [5.74, 6) is 0.379. The van der Waals surface area contributed by atoms with E-state index in [1.165, 1.54) is 0 Å². The van der Waals surface area contributed by atoms with Crippen molar-refractivity contribution in [3.63, 3.8) is 0 Å². The molecule has 2 N–H and O–H groups in total. The molecule has 6 heteroatoms. The summed E-state index contributed by atoms with van der Waals surface area (Å²) in [6.45, 7) is 0. The second-order valence-electron chi connectivity index (χ2n) is 3.99. The van der Waals surface area contributed by atoms with Crippen LogP contribution in [0.15, 0.2) is 34.7 Å². The summed E-state index contributed by atoms with van der Waals surface area (Å²) < 4.78 is 5.63. The molecular formula is C13H7Cl3N2O. The summed E-state index contributed by atoms with van der Waals surface area (Å²) in [5.41, 5.74) is 7.96. The predicted octanol–water partition coefficient (Wildman–Crippen LogP) is 5.04. The molecule has 0 amide bonds. The molecule has 0 aliphatic heterocycles. The molecule has 1 heterocycles. The zero-order valence-electron chi connectivity index (χ0n) is 9.45. The van der Waals surface area contributed by atoms with Crippen LogP contribution in [0.4, 0.5) is 5.69 Å². The molecule has 0 saturated heterocycles. The van der Waals surface area contributed by atoms with Gasteiger partial charge >= 0.3 is 0 Å². The summed E-state index contributed by atoms with van der Waals surface area (Å²) >= 11 is 18.0. The lowest BCUT2D eigenvalue weighted by Gasteiger charge is -1.99. The lowest BCUT2D eigenvalue weighted by molar-refractivity contribution is 0.620. The maximum Gasteiger partial charge on any atom is 0.228 e. The Morgan fingerprint density at radius 1 is 1.00 bits per heavy atom. The number of nitrogens with two attached hydrogens (primary N) is 1. The van der Waals surface area contributed by atoms with Crippen LogP contribution < -0.4 is 5.73 Å². The van der Waals surface area contributed by atoms with E-state index in [0.29, 0.717) is 43.3 Å². The number of oxazole rings is 1. The fraction of sp³-hybridized carbons (Fsp3) is 0. The molecule has 19 heavy (non-hydrogen) atoms. The van der Waals surface area contributed by atoms with Gasteiger partial charge in [0, 0.05) is 10.7 Å². The van der Waals surface area contributed by atoms with E-state index in [0.717, 1.165) is 0 Å². The van der Waals surface area contributed by atoms with Gasteiger partial charge in [-0.25, -0.2) is 4.98 Å². The van der Waals surface area contributed by atoms with E-state index in [1.54, 1.807) is 30.3 Å². The third-order valence-corrected chi connectivity index (χ3v) is 3.46. The number of nitrogens with zero attached hydrogens (tertiary/aromatic N) is 1. The summed E-state index contributed by atoms with van der Waals surface area (Å²) in [5, 5.41) is 1.43. The third kappa shape index (κ3) is 2.25. The van der Waals surface area contributed by atoms with Crippen LogP contribution in [0.2, 0.25) is 15.1 Å². The number of fused-ring (bicyclic) bond motifs is 1. The Bertz CT molecular complexity index is 783. The molecule has 0 bridgehead atoms. The number of hydrogen-bond acceptors (Lipinski definition) is 3. The molecule has 0 radical (unpaired) electrons. The van der Waals surface area contributed by atoms with Crippen molar-refractivity contribution in [2.24, 2.45) is 0 Å². The first-order valence-corrected chi connectivity index (χ1v) is 6.49. The number of aromatic nitrogens is 1. The van der Waals surface area contributed by atoms with Crippen LogP contribution in [0.1, 0.15) is 0 Å². The van der Waals surface area contributed by atoms with Gasteiger partial charge in [0.25, 0.3) is 0 Å². The molecule has 0 saturated carbocycles. The average Bonchev–Trinajstić information content (AvgIpc) is 2.72. The van der Waals surface area contributed by atoms with E-state index < -0.39 is 0 Å². The minimum Gasteiger partial charge on any atom is -0.434 e. The lowest BCUT2D eigenvalue weighted by atomic mass is 10.2. The standard InChI is InChI=1S/C13H7Cl3N2O/c14-6-1-2-8(9(15)3-6)13-18-11-5-7(17)4-10(16)12(11)19-13/h1-5H,17H2. The summed E-state index contributed by atoms with van der Waals surface area (Å²) in [7, 11) is 0. The van der Waals surface area contributed by atoms with Crippen molar-refractivity contribution in [1.82, 2.24) is 4.98 Å². The highest BCUT2D eigenvalue weighted by atomic mass is 35.5. The number of halogens is 3. The van der Waals surface area contributed by atoms with Gasteiger partial charge in [-0.05, 0) is 30.3 Å². The minimum atomic E-state index is 0.379. The third-order valence-electron chi connectivity index (χ3n) is 2.63. The number of rotatable bonds is 1. The SMILES string of the molecule is Nc1cc(Cl)c2oc(-c3ccc(Cl)cc3Cl)nc2c1. The van der Waals surface area contributed by atoms with Gasteiger partial charge in [0.1, 0.15) is 5.52 Å². The van der Waals surface area contributed by atoms with Crippen LogP contribution in [-0.2, 0) is 0 Å². The van der Waals surface area contributed by atoms with Gasteiger partial charge in [-0.1, -0.05) is 34.8 Å². The Balaban J connectivity index is 2.23. The van der Waals surface area contributed by atoms with Crippen LogP contribution in [0.5, 0.6) is 0 Å². The molecule has 96 valence electrons. The predicted molar refractivity (Wildman–Crippen MR) is 78.9 cm³/mol. The molecule has 0 aliphatic rings. The molecule has 0 unspecified atom stereocenters. The van der Waals surface area contributed by atoms with E-state index in [9.17, 15) is 0 Å². The van der Waals surface area contributed by atoms with Gasteiger partial charge in [0.05, 0.1) is 15.6 Å². The van der Waals surface area contributed by atoms with Crippen molar-refractivity contribution in [3.05, 3.63) is 45.4 Å². The molecular weight excluding hydrogens is 307 g/mol. The van der Waals surface area contributed by atoms with Crippen molar-refractivity contribution in [2.75, 3.05) is 5.73 Å². The zero-order valence-corrected chi connectivity index (χ0v) is 11.7. The summed E-state index contributed by atoms with van der Waals surface area (Å²) in [6.07, 6.45) is 0. The monoisotopic (exact) mass is 312 g/mol. The van der Waals surface area contributed by atoms with Crippen LogP contribution in [-0.4, -0.2) is 4.98 Å². The highest BCUT2D eigenvalue weighted by Crippen LogP contribution is 2.34. The van der Waals surface area contributed by atoms with Gasteiger partial charge in [-0.3, -0.25) is 0 Å². The minimum absolute atomic E-state index is 0.379. The highest BCUT2D eigenvalue weighted by molar-refractivity contribution is 6.36. The van der Waals surface area contributed by atoms with Crippen molar-refractivity contribution in [1.29, 1.82) is 0 Å². The van der Waals surface area contributed by atoms with Gasteiger partial charge in [0.2, 0.25) is 5.89 Å². The second kappa shape index (κ2) is 4.60. The Hall–Kier alpha value is -1.42. The van der Waals surface area contributed by atoms with Crippen LogP contribution in [0, 0.1) is 0 Å². The Kier molecular flexibility index (Phi) is 3.05. The van der Waals surface area contributed by atoms with Gasteiger partial charge in [-0.15, -0.1) is 0 Å². The first-order valence-electron chi connectivity index (χ1n) is 5.35. The average molecular weight is 314 g/mol. The summed E-state index contributed by atoms with van der Waals surface area (Å²) in [4.78, 5) is 4.34. The van der Waals surface area contributed by atoms with Crippen LogP contribution >= 0.6 is 34.8 Å². The van der Waals surface area contributed by atoms with Crippen molar-refractivity contribution in [2.45, 2.75) is 0 Å². The molecule has 0 atom stereocenters. The van der Waals surface area contributed by atoms with E-state index in [4.69, 9.17) is 45.0 Å². The lowest BCUT2D eigenvalue weighted by Crippen LogP contribution is -1.83. The Morgan fingerprint density at radius 2 is 1.79 bits per heavy atom. The quantitative estimate of drug-likeness (QED) is 0.640. The molecule has 3 nitrogen and oxygen atoms in total. The Morgan fingerprint density at radius 3 is 2.53 bits per heavy atom. The number of anilines is 1. The number of nitrogen functional groups attached to an aromatic ring is 1. The normalized spacial score (nSPS) is 11.1. The molecule has 3 aromatic rings. The maximum absolute atomic E-state index is 6.12. The van der Waals surface area contributed by atoms with Crippen molar-refractivity contribution in [3.8, 4) is 11.5 Å². The fourth-order valence-electron chi connectivity index (χ4n) is 1.79. The summed E-state index contributed by atoms with van der Waals surface area (Å²) in [6, 6.07) is 8.39. The largest absolute Gasteiger partial charge is 0.434 e. The first-order chi connectivity index (χ1) is 9.04. The molecule has 3 rings (SSSR count). The van der Waals surface area contributed by atoms with Crippen molar-refractivity contribution >= 4 is 51.6 Å². The molecule has 0 aliphatic carbocycles. The van der Waals surface area contributed by atoms with E-state index in [2.05, 4.69) is 4.98 Å². The smallest absolute Gasteiger partial charge is 0.228 e. The molecule has 1 aromatic heterocycles. The maximum atomic E-state index is 6.12.